The van der Waals surface area contributed by atoms with E-state index in [1.54, 1.807) is 13.2 Å². The van der Waals surface area contributed by atoms with Crippen molar-refractivity contribution < 1.29 is 19.4 Å². The van der Waals surface area contributed by atoms with E-state index in [0.717, 1.165) is 10.1 Å². The first kappa shape index (κ1) is 12.7. The summed E-state index contributed by atoms with van der Waals surface area (Å²) in [6.45, 7) is 3.75. The Morgan fingerprint density at radius 3 is 2.67 bits per heavy atom. The van der Waals surface area contributed by atoms with E-state index < -0.39 is 5.97 Å². The molecule has 96 valence electrons. The molecule has 1 aromatic carbocycles. The first-order valence-corrected chi connectivity index (χ1v) is 6.35. The highest BCUT2D eigenvalue weighted by Gasteiger charge is 2.20. The summed E-state index contributed by atoms with van der Waals surface area (Å²) in [6.07, 6.45) is -0.0667. The lowest BCUT2D eigenvalue weighted by atomic mass is 10.2. The summed E-state index contributed by atoms with van der Waals surface area (Å²) in [5, 5.41) is 10.0. The van der Waals surface area contributed by atoms with Crippen LogP contribution in [0.2, 0.25) is 0 Å². The molecule has 4 nitrogen and oxygen atoms in total. The minimum Gasteiger partial charge on any atom is -0.497 e. The normalized spacial score (nSPS) is 10.9. The molecular formula is C13H14O4S. The highest BCUT2D eigenvalue weighted by Crippen LogP contribution is 2.39. The Hall–Kier alpha value is -1.75. The number of methoxy groups -OCH3 is 1. The van der Waals surface area contributed by atoms with Crippen molar-refractivity contribution >= 4 is 27.4 Å². The molecule has 0 saturated heterocycles. The van der Waals surface area contributed by atoms with Gasteiger partial charge in [0.2, 0.25) is 0 Å². The fraction of sp³-hybridized carbons (Fsp3) is 0.308. The van der Waals surface area contributed by atoms with Crippen LogP contribution >= 0.6 is 11.3 Å². The molecule has 0 saturated carbocycles. The van der Waals surface area contributed by atoms with Crippen LogP contribution in [0, 0.1) is 0 Å². The van der Waals surface area contributed by atoms with Crippen LogP contribution in [0.5, 0.6) is 11.5 Å². The second-order valence-electron chi connectivity index (χ2n) is 4.09. The van der Waals surface area contributed by atoms with Crippen molar-refractivity contribution in [3.63, 3.8) is 0 Å². The number of thiophene rings is 1. The first-order chi connectivity index (χ1) is 8.52. The number of fused-ring (bicyclic) bond motifs is 1. The Kier molecular flexibility index (Phi) is 3.43. The summed E-state index contributed by atoms with van der Waals surface area (Å²) in [5.74, 6) is 0.183. The standard InChI is InChI=1S/C13H14O4S/c1-7(2)17-11-9-5-4-8(16-3)6-10(9)18-12(11)13(14)15/h4-7H,1-3H3,(H,14,15). The highest BCUT2D eigenvalue weighted by atomic mass is 32.1. The third-order valence-corrected chi connectivity index (χ3v) is 3.52. The van der Waals surface area contributed by atoms with E-state index in [-0.39, 0.29) is 11.0 Å². The summed E-state index contributed by atoms with van der Waals surface area (Å²) in [6, 6.07) is 5.45. The molecule has 1 heterocycles. The van der Waals surface area contributed by atoms with Crippen LogP contribution in [-0.2, 0) is 0 Å². The number of carboxylic acids is 1. The second kappa shape index (κ2) is 4.86. The Balaban J connectivity index is 2.63. The van der Waals surface area contributed by atoms with Gasteiger partial charge in [-0.2, -0.15) is 0 Å². The zero-order chi connectivity index (χ0) is 13.3. The third-order valence-electron chi connectivity index (χ3n) is 2.40. The fourth-order valence-corrected chi connectivity index (χ4v) is 2.68. The van der Waals surface area contributed by atoms with E-state index in [0.29, 0.717) is 11.5 Å². The summed E-state index contributed by atoms with van der Waals surface area (Å²) < 4.78 is 11.6. The molecule has 0 radical (unpaired) electrons. The highest BCUT2D eigenvalue weighted by molar-refractivity contribution is 7.21. The van der Waals surface area contributed by atoms with Crippen LogP contribution in [0.25, 0.3) is 10.1 Å². The number of carbonyl (C=O) groups is 1. The topological polar surface area (TPSA) is 55.8 Å². The minimum atomic E-state index is -0.967. The summed E-state index contributed by atoms with van der Waals surface area (Å²) in [7, 11) is 1.58. The molecule has 0 bridgehead atoms. The second-order valence-corrected chi connectivity index (χ2v) is 5.15. The van der Waals surface area contributed by atoms with Crippen LogP contribution in [-0.4, -0.2) is 24.3 Å². The third kappa shape index (κ3) is 2.26. The fourth-order valence-electron chi connectivity index (χ4n) is 1.67. The predicted octanol–water partition coefficient (Wildman–Crippen LogP) is 3.40. The zero-order valence-corrected chi connectivity index (χ0v) is 11.2. The van der Waals surface area contributed by atoms with Gasteiger partial charge in [-0.25, -0.2) is 4.79 Å². The predicted molar refractivity (Wildman–Crippen MR) is 71.1 cm³/mol. The maximum Gasteiger partial charge on any atom is 0.349 e. The molecule has 0 fully saturated rings. The lowest BCUT2D eigenvalue weighted by Crippen LogP contribution is -2.08. The average Bonchev–Trinajstić information content (AvgIpc) is 2.66. The van der Waals surface area contributed by atoms with Crippen molar-refractivity contribution in [2.45, 2.75) is 20.0 Å². The van der Waals surface area contributed by atoms with E-state index in [1.807, 2.05) is 26.0 Å². The lowest BCUT2D eigenvalue weighted by molar-refractivity contribution is 0.0697. The van der Waals surface area contributed by atoms with Crippen molar-refractivity contribution in [1.82, 2.24) is 0 Å². The maximum absolute atomic E-state index is 11.2. The van der Waals surface area contributed by atoms with E-state index >= 15 is 0 Å². The van der Waals surface area contributed by atoms with Gasteiger partial charge in [-0.05, 0) is 32.0 Å². The van der Waals surface area contributed by atoms with E-state index in [4.69, 9.17) is 9.47 Å². The van der Waals surface area contributed by atoms with Crippen LogP contribution in [0.15, 0.2) is 18.2 Å². The van der Waals surface area contributed by atoms with Gasteiger partial charge in [-0.3, -0.25) is 0 Å². The molecule has 0 amide bonds. The Morgan fingerprint density at radius 2 is 2.11 bits per heavy atom. The first-order valence-electron chi connectivity index (χ1n) is 5.53. The van der Waals surface area contributed by atoms with Gasteiger partial charge in [0.1, 0.15) is 5.75 Å². The van der Waals surface area contributed by atoms with Crippen LogP contribution in [0.4, 0.5) is 0 Å². The van der Waals surface area contributed by atoms with Gasteiger partial charge >= 0.3 is 5.97 Å². The van der Waals surface area contributed by atoms with Gasteiger partial charge in [-0.1, -0.05) is 0 Å². The molecule has 2 rings (SSSR count). The molecule has 0 unspecified atom stereocenters. The van der Waals surface area contributed by atoms with Crippen molar-refractivity contribution in [2.24, 2.45) is 0 Å². The molecule has 0 atom stereocenters. The van der Waals surface area contributed by atoms with Crippen LogP contribution in [0.3, 0.4) is 0 Å². The van der Waals surface area contributed by atoms with Crippen LogP contribution < -0.4 is 9.47 Å². The van der Waals surface area contributed by atoms with E-state index in [9.17, 15) is 9.90 Å². The van der Waals surface area contributed by atoms with Gasteiger partial charge < -0.3 is 14.6 Å². The minimum absolute atomic E-state index is 0.0667. The largest absolute Gasteiger partial charge is 0.497 e. The van der Waals surface area contributed by atoms with E-state index in [1.165, 1.54) is 11.3 Å². The van der Waals surface area contributed by atoms with E-state index in [2.05, 4.69) is 0 Å². The SMILES string of the molecule is COc1ccc2c(OC(C)C)c(C(=O)O)sc2c1. The Morgan fingerprint density at radius 1 is 1.39 bits per heavy atom. The number of hydrogen-bond acceptors (Lipinski definition) is 4. The number of hydrogen-bond donors (Lipinski definition) is 1. The maximum atomic E-state index is 11.2. The van der Waals surface area contributed by atoms with Gasteiger partial charge in [-0.15, -0.1) is 11.3 Å². The van der Waals surface area contributed by atoms with Gasteiger partial charge in [0.25, 0.3) is 0 Å². The molecule has 1 N–H and O–H groups in total. The number of benzene rings is 1. The van der Waals surface area contributed by atoms with Crippen molar-refractivity contribution in [3.8, 4) is 11.5 Å². The molecule has 1 aromatic heterocycles. The van der Waals surface area contributed by atoms with Crippen LogP contribution in [0.1, 0.15) is 23.5 Å². The Bertz CT molecular complexity index is 586. The van der Waals surface area contributed by atoms with Gasteiger partial charge in [0.15, 0.2) is 10.6 Å². The smallest absolute Gasteiger partial charge is 0.349 e. The number of aromatic carboxylic acids is 1. The number of ether oxygens (including phenoxy) is 2. The quantitative estimate of drug-likeness (QED) is 0.921. The summed E-state index contributed by atoms with van der Waals surface area (Å²) in [4.78, 5) is 11.5. The van der Waals surface area contributed by atoms with Gasteiger partial charge in [0.05, 0.1) is 13.2 Å². The van der Waals surface area contributed by atoms with Crippen molar-refractivity contribution in [3.05, 3.63) is 23.1 Å². The molecule has 0 aliphatic heterocycles. The molecule has 0 spiro atoms. The number of carboxylic acid groups (broad SMARTS) is 1. The number of rotatable bonds is 4. The molecule has 5 heteroatoms. The monoisotopic (exact) mass is 266 g/mol. The molecule has 0 aliphatic carbocycles. The molecular weight excluding hydrogens is 252 g/mol. The average molecular weight is 266 g/mol. The summed E-state index contributed by atoms with van der Waals surface area (Å²) in [5.41, 5.74) is 0. The molecule has 2 aromatic rings. The Labute approximate surface area is 109 Å². The lowest BCUT2D eigenvalue weighted by Gasteiger charge is -2.09. The molecule has 18 heavy (non-hydrogen) atoms. The van der Waals surface area contributed by atoms with Crippen molar-refractivity contribution in [2.75, 3.05) is 7.11 Å². The van der Waals surface area contributed by atoms with Crippen molar-refractivity contribution in [1.29, 1.82) is 0 Å². The summed E-state index contributed by atoms with van der Waals surface area (Å²) >= 11 is 1.20. The van der Waals surface area contributed by atoms with Gasteiger partial charge in [0, 0.05) is 10.1 Å². The molecule has 0 aliphatic rings. The zero-order valence-electron chi connectivity index (χ0n) is 10.4.